The van der Waals surface area contributed by atoms with Crippen molar-refractivity contribution in [3.8, 4) is 5.88 Å². The highest BCUT2D eigenvalue weighted by atomic mass is 35.5. The lowest BCUT2D eigenvalue weighted by Gasteiger charge is -2.02. The fraction of sp³-hybridized carbons (Fsp3) is 0.143. The molecule has 0 unspecified atom stereocenters. The lowest BCUT2D eigenvalue weighted by molar-refractivity contribution is -0.582. The first kappa shape index (κ1) is 14.7. The van der Waals surface area contributed by atoms with Crippen LogP contribution in [0.5, 0.6) is 5.88 Å². The van der Waals surface area contributed by atoms with E-state index in [-0.39, 0.29) is 12.2 Å². The first-order valence-corrected chi connectivity index (χ1v) is 7.54. The number of ketones is 2. The number of imidazole rings is 1. The van der Waals surface area contributed by atoms with Gasteiger partial charge >= 0.3 is 0 Å². The van der Waals surface area contributed by atoms with Crippen molar-refractivity contribution in [1.29, 1.82) is 0 Å². The van der Waals surface area contributed by atoms with E-state index in [4.69, 9.17) is 11.6 Å². The highest BCUT2D eigenvalue weighted by molar-refractivity contribution is 7.15. The van der Waals surface area contributed by atoms with Gasteiger partial charge < -0.3 is 5.11 Å². The third kappa shape index (κ3) is 2.38. The number of halogens is 1. The fourth-order valence-corrected chi connectivity index (χ4v) is 3.20. The Balaban J connectivity index is 2.23. The molecular weight excluding hydrogens is 326 g/mol. The molecule has 0 bridgehead atoms. The Hall–Kier alpha value is -2.25. The average molecular weight is 336 g/mol. The normalized spacial score (nSPS) is 11.0. The molecule has 0 aliphatic carbocycles. The van der Waals surface area contributed by atoms with Crippen molar-refractivity contribution in [3.05, 3.63) is 45.6 Å². The maximum absolute atomic E-state index is 12.4. The number of thiazole rings is 1. The number of hydrogen-bond donors (Lipinski definition) is 0. The first-order valence-electron chi connectivity index (χ1n) is 6.34. The van der Waals surface area contributed by atoms with Crippen LogP contribution in [0.25, 0.3) is 5.65 Å². The fourth-order valence-electron chi connectivity index (χ4n) is 2.23. The zero-order chi connectivity index (χ0) is 15.9. The number of Topliss-reactive ketones (excluding diaryl/α,β-unsaturated/α-hetero) is 2. The van der Waals surface area contributed by atoms with E-state index >= 15 is 0 Å². The Morgan fingerprint density at radius 2 is 2.23 bits per heavy atom. The van der Waals surface area contributed by atoms with Crippen LogP contribution < -0.4 is 9.51 Å². The van der Waals surface area contributed by atoms with E-state index in [1.54, 1.807) is 30.6 Å². The minimum atomic E-state index is -0.802. The van der Waals surface area contributed by atoms with E-state index in [0.717, 1.165) is 11.8 Å². The van der Waals surface area contributed by atoms with Crippen molar-refractivity contribution in [2.45, 2.75) is 13.5 Å². The summed E-state index contributed by atoms with van der Waals surface area (Å²) in [5.41, 5.74) is 0.379. The molecule has 3 heterocycles. The van der Waals surface area contributed by atoms with Crippen LogP contribution in [0, 0.1) is 0 Å². The summed E-state index contributed by atoms with van der Waals surface area (Å²) >= 11 is 7.07. The Kier molecular flexibility index (Phi) is 3.67. The summed E-state index contributed by atoms with van der Waals surface area (Å²) in [4.78, 5) is 28.3. The number of aromatic nitrogens is 3. The SMILES string of the molecule is CC(=O)C(=O)c1c([O-])[n+]2ccccc2n1Cc1cnc(Cl)s1. The summed E-state index contributed by atoms with van der Waals surface area (Å²) in [6.45, 7) is 1.40. The molecule has 0 atom stereocenters. The Morgan fingerprint density at radius 1 is 1.45 bits per heavy atom. The van der Waals surface area contributed by atoms with E-state index < -0.39 is 17.4 Å². The number of hydrogen-bond acceptors (Lipinski definition) is 5. The second-order valence-electron chi connectivity index (χ2n) is 4.63. The molecule has 3 rings (SSSR count). The van der Waals surface area contributed by atoms with E-state index in [0.29, 0.717) is 10.1 Å². The summed E-state index contributed by atoms with van der Waals surface area (Å²) in [6, 6.07) is 5.15. The Bertz CT molecular complexity index is 900. The molecule has 0 spiro atoms. The smallest absolute Gasteiger partial charge is 0.286 e. The lowest BCUT2D eigenvalue weighted by Crippen LogP contribution is -2.24. The standard InChI is InChI=1S/C14H10ClN3O3S/c1-8(19)12(20)11-13(21)17-5-3-2-4-10(17)18(11)7-9-6-16-14(15)22-9/h2-6H,7H2,1H3. The van der Waals surface area contributed by atoms with Crippen molar-refractivity contribution in [1.82, 2.24) is 9.55 Å². The molecular formula is C14H10ClN3O3S. The summed E-state index contributed by atoms with van der Waals surface area (Å²) in [6.07, 6.45) is 3.14. The minimum Gasteiger partial charge on any atom is -0.839 e. The van der Waals surface area contributed by atoms with Crippen molar-refractivity contribution in [2.75, 3.05) is 0 Å². The molecule has 112 valence electrons. The quantitative estimate of drug-likeness (QED) is 0.408. The second kappa shape index (κ2) is 5.51. The molecule has 0 N–H and O–H groups in total. The van der Waals surface area contributed by atoms with Gasteiger partial charge in [0.1, 0.15) is 12.4 Å². The molecule has 3 aromatic rings. The lowest BCUT2D eigenvalue weighted by atomic mass is 10.2. The first-order chi connectivity index (χ1) is 10.5. The molecule has 0 aromatic carbocycles. The zero-order valence-corrected chi connectivity index (χ0v) is 13.0. The van der Waals surface area contributed by atoms with Crippen LogP contribution in [-0.2, 0) is 11.3 Å². The molecule has 8 heteroatoms. The molecule has 0 fully saturated rings. The van der Waals surface area contributed by atoms with E-state index in [1.807, 2.05) is 0 Å². The second-order valence-corrected chi connectivity index (χ2v) is 6.33. The van der Waals surface area contributed by atoms with Crippen LogP contribution >= 0.6 is 22.9 Å². The van der Waals surface area contributed by atoms with Crippen molar-refractivity contribution in [3.63, 3.8) is 0 Å². The number of carbonyl (C=O) groups excluding carboxylic acids is 2. The van der Waals surface area contributed by atoms with Gasteiger partial charge in [-0.3, -0.25) is 9.59 Å². The molecule has 0 radical (unpaired) electrons. The van der Waals surface area contributed by atoms with Gasteiger partial charge in [-0.05, 0) is 6.07 Å². The van der Waals surface area contributed by atoms with Crippen molar-refractivity contribution < 1.29 is 19.1 Å². The van der Waals surface area contributed by atoms with E-state index in [9.17, 15) is 14.7 Å². The van der Waals surface area contributed by atoms with Crippen molar-refractivity contribution >= 4 is 40.2 Å². The van der Waals surface area contributed by atoms with Gasteiger partial charge in [-0.25, -0.2) is 14.0 Å². The third-order valence-corrected chi connectivity index (χ3v) is 4.28. The number of nitrogens with zero attached hydrogens (tertiary/aromatic N) is 3. The molecule has 0 saturated carbocycles. The third-order valence-electron chi connectivity index (χ3n) is 3.18. The van der Waals surface area contributed by atoms with Crippen LogP contribution in [0.1, 0.15) is 22.3 Å². The van der Waals surface area contributed by atoms with Gasteiger partial charge in [0.25, 0.3) is 11.4 Å². The Labute approximate surface area is 134 Å². The monoisotopic (exact) mass is 335 g/mol. The molecule has 22 heavy (non-hydrogen) atoms. The van der Waals surface area contributed by atoms with Gasteiger partial charge in [0.05, 0.1) is 11.1 Å². The van der Waals surface area contributed by atoms with Gasteiger partial charge in [0.2, 0.25) is 11.5 Å². The van der Waals surface area contributed by atoms with Crippen LogP contribution in [0.3, 0.4) is 0 Å². The maximum atomic E-state index is 12.4. The molecule has 0 aliphatic rings. The van der Waals surface area contributed by atoms with Crippen LogP contribution in [0.2, 0.25) is 4.47 Å². The van der Waals surface area contributed by atoms with Gasteiger partial charge in [-0.15, -0.1) is 11.3 Å². The largest absolute Gasteiger partial charge is 0.839 e. The predicted molar refractivity (Wildman–Crippen MR) is 78.3 cm³/mol. The average Bonchev–Trinajstić information content (AvgIpc) is 3.02. The van der Waals surface area contributed by atoms with Gasteiger partial charge in [0.15, 0.2) is 4.47 Å². The van der Waals surface area contributed by atoms with Crippen LogP contribution in [-0.4, -0.2) is 21.1 Å². The summed E-state index contributed by atoms with van der Waals surface area (Å²) in [7, 11) is 0. The molecule has 0 aliphatic heterocycles. The van der Waals surface area contributed by atoms with Gasteiger partial charge in [-0.2, -0.15) is 0 Å². The van der Waals surface area contributed by atoms with Gasteiger partial charge in [0, 0.05) is 19.2 Å². The molecule has 3 aromatic heterocycles. The van der Waals surface area contributed by atoms with E-state index in [1.165, 1.54) is 20.3 Å². The van der Waals surface area contributed by atoms with E-state index in [2.05, 4.69) is 4.98 Å². The van der Waals surface area contributed by atoms with Crippen molar-refractivity contribution in [2.24, 2.45) is 0 Å². The molecule has 0 amide bonds. The highest BCUT2D eigenvalue weighted by Crippen LogP contribution is 2.23. The number of carbonyl (C=O) groups is 2. The number of pyridine rings is 1. The van der Waals surface area contributed by atoms with Crippen LogP contribution in [0.15, 0.2) is 30.6 Å². The van der Waals surface area contributed by atoms with Gasteiger partial charge in [-0.1, -0.05) is 17.7 Å². The predicted octanol–water partition coefficient (Wildman–Crippen LogP) is 1.23. The number of rotatable bonds is 4. The summed E-state index contributed by atoms with van der Waals surface area (Å²) < 4.78 is 3.25. The highest BCUT2D eigenvalue weighted by Gasteiger charge is 2.28. The summed E-state index contributed by atoms with van der Waals surface area (Å²) in [5, 5.41) is 12.4. The molecule has 6 nitrogen and oxygen atoms in total. The number of fused-ring (bicyclic) bond motifs is 1. The minimum absolute atomic E-state index is 0.150. The topological polar surface area (TPSA) is 79.1 Å². The Morgan fingerprint density at radius 3 is 2.86 bits per heavy atom. The summed E-state index contributed by atoms with van der Waals surface area (Å²) in [5.74, 6) is -1.99. The van der Waals surface area contributed by atoms with Crippen LogP contribution in [0.4, 0.5) is 0 Å². The zero-order valence-electron chi connectivity index (χ0n) is 11.4. The molecule has 0 saturated heterocycles. The maximum Gasteiger partial charge on any atom is 0.286 e.